The summed E-state index contributed by atoms with van der Waals surface area (Å²) in [6, 6.07) is -0.694. The quantitative estimate of drug-likeness (QED) is 0.459. The first-order chi connectivity index (χ1) is 6.61. The molecule has 1 rings (SSSR count). The number of ether oxygens (including phenoxy) is 1. The molecule has 1 aliphatic heterocycles. The summed E-state index contributed by atoms with van der Waals surface area (Å²) >= 11 is 0. The van der Waals surface area contributed by atoms with Gasteiger partial charge in [-0.25, -0.2) is 9.80 Å². The Morgan fingerprint density at radius 3 is 2.50 bits per heavy atom. The average molecular weight is 205 g/mol. The molecule has 0 aliphatic carbocycles. The maximum atomic E-state index is 11.0. The first kappa shape index (κ1) is 11.2. The van der Waals surface area contributed by atoms with Gasteiger partial charge in [0.05, 0.1) is 19.8 Å². The molecule has 0 radical (unpaired) electrons. The molecule has 1 saturated heterocycles. The molecular weight excluding hydrogens is 190 g/mol. The van der Waals surface area contributed by atoms with E-state index in [1.54, 1.807) is 5.01 Å². The monoisotopic (exact) mass is 205 g/mol. The van der Waals surface area contributed by atoms with E-state index in [1.807, 2.05) is 0 Å². The van der Waals surface area contributed by atoms with Crippen molar-refractivity contribution < 1.29 is 19.7 Å². The molecule has 7 nitrogen and oxygen atoms in total. The summed E-state index contributed by atoms with van der Waals surface area (Å²) in [6.45, 7) is 1.84. The summed E-state index contributed by atoms with van der Waals surface area (Å²) in [7, 11) is 0. The number of aliphatic hydroxyl groups is 2. The Hall–Kier alpha value is -0.890. The topological polar surface area (TPSA) is 99.3 Å². The lowest BCUT2D eigenvalue weighted by Crippen LogP contribution is -2.55. The number of carbonyl (C=O) groups is 1. The van der Waals surface area contributed by atoms with E-state index in [4.69, 9.17) is 20.7 Å². The van der Waals surface area contributed by atoms with Crippen molar-refractivity contribution in [3.63, 3.8) is 0 Å². The molecule has 0 unspecified atom stereocenters. The van der Waals surface area contributed by atoms with Crippen molar-refractivity contribution in [2.24, 2.45) is 5.73 Å². The molecule has 0 spiro atoms. The average Bonchev–Trinajstić information content (AvgIpc) is 2.15. The van der Waals surface area contributed by atoms with Gasteiger partial charge in [-0.05, 0) is 0 Å². The van der Waals surface area contributed by atoms with E-state index in [-0.39, 0.29) is 6.54 Å². The predicted octanol–water partition coefficient (Wildman–Crippen LogP) is -2.07. The van der Waals surface area contributed by atoms with Crippen molar-refractivity contribution in [2.75, 3.05) is 32.8 Å². The van der Waals surface area contributed by atoms with Gasteiger partial charge in [-0.1, -0.05) is 0 Å². The first-order valence-corrected chi connectivity index (χ1v) is 4.37. The van der Waals surface area contributed by atoms with Gasteiger partial charge in [-0.2, -0.15) is 0 Å². The molecule has 1 aliphatic rings. The number of hydrogen-bond acceptors (Lipinski definition) is 5. The highest BCUT2D eigenvalue weighted by molar-refractivity contribution is 5.71. The van der Waals surface area contributed by atoms with Crippen LogP contribution in [0.15, 0.2) is 0 Å². The second-order valence-corrected chi connectivity index (χ2v) is 2.97. The fraction of sp³-hybridized carbons (Fsp3) is 0.857. The van der Waals surface area contributed by atoms with E-state index in [2.05, 4.69) is 0 Å². The molecule has 0 saturated carbocycles. The van der Waals surface area contributed by atoms with E-state index in [0.717, 1.165) is 5.01 Å². The predicted molar refractivity (Wildman–Crippen MR) is 46.9 cm³/mol. The van der Waals surface area contributed by atoms with Gasteiger partial charge in [0.2, 0.25) is 0 Å². The highest BCUT2D eigenvalue weighted by Crippen LogP contribution is 2.03. The molecule has 0 aromatic carbocycles. The second-order valence-electron chi connectivity index (χ2n) is 2.97. The Kier molecular flexibility index (Phi) is 4.08. The van der Waals surface area contributed by atoms with Crippen LogP contribution in [-0.2, 0) is 4.74 Å². The second kappa shape index (κ2) is 5.11. The van der Waals surface area contributed by atoms with Gasteiger partial charge in [0.25, 0.3) is 0 Å². The molecule has 0 aromatic heterocycles. The van der Waals surface area contributed by atoms with Crippen LogP contribution < -0.4 is 5.73 Å². The van der Waals surface area contributed by atoms with Crippen molar-refractivity contribution >= 4 is 6.03 Å². The van der Waals surface area contributed by atoms with E-state index in [1.165, 1.54) is 0 Å². The number of urea groups is 1. The van der Waals surface area contributed by atoms with Crippen LogP contribution in [0.25, 0.3) is 0 Å². The van der Waals surface area contributed by atoms with Gasteiger partial charge in [-0.15, -0.1) is 0 Å². The van der Waals surface area contributed by atoms with E-state index >= 15 is 0 Å². The van der Waals surface area contributed by atoms with E-state index < -0.39 is 12.3 Å². The van der Waals surface area contributed by atoms with Crippen molar-refractivity contribution in [1.82, 2.24) is 10.0 Å². The number of nitrogens with zero attached hydrogens (tertiary/aromatic N) is 2. The van der Waals surface area contributed by atoms with Crippen molar-refractivity contribution in [3.05, 3.63) is 0 Å². The Morgan fingerprint density at radius 1 is 1.50 bits per heavy atom. The van der Waals surface area contributed by atoms with Crippen LogP contribution in [-0.4, -0.2) is 65.4 Å². The van der Waals surface area contributed by atoms with Gasteiger partial charge in [0, 0.05) is 13.1 Å². The molecule has 7 heteroatoms. The summed E-state index contributed by atoms with van der Waals surface area (Å²) in [4.78, 5) is 11.0. The van der Waals surface area contributed by atoms with E-state index in [9.17, 15) is 4.79 Å². The number of rotatable bonds is 3. The molecular formula is C7H15N3O4. The molecule has 1 heterocycles. The highest BCUT2D eigenvalue weighted by Gasteiger charge is 2.22. The van der Waals surface area contributed by atoms with Crippen LogP contribution in [0.4, 0.5) is 4.79 Å². The number of hydrogen-bond donors (Lipinski definition) is 3. The number of amides is 2. The Balaban J connectivity index is 2.51. The molecule has 14 heavy (non-hydrogen) atoms. The first-order valence-electron chi connectivity index (χ1n) is 4.37. The fourth-order valence-corrected chi connectivity index (χ4v) is 1.29. The Labute approximate surface area is 81.6 Å². The number of aliphatic hydroxyl groups excluding tert-OH is 1. The summed E-state index contributed by atoms with van der Waals surface area (Å²) in [6.07, 6.45) is -1.58. The number of nitrogens with two attached hydrogens (primary N) is 1. The van der Waals surface area contributed by atoms with Gasteiger partial charge in [-0.3, -0.25) is 5.01 Å². The highest BCUT2D eigenvalue weighted by atomic mass is 16.5. The summed E-state index contributed by atoms with van der Waals surface area (Å²) in [5.41, 5.74) is 5.10. The van der Waals surface area contributed by atoms with Gasteiger partial charge >= 0.3 is 6.03 Å². The van der Waals surface area contributed by atoms with Crippen LogP contribution in [0.2, 0.25) is 0 Å². The van der Waals surface area contributed by atoms with E-state index in [0.29, 0.717) is 26.3 Å². The zero-order valence-electron chi connectivity index (χ0n) is 7.80. The van der Waals surface area contributed by atoms with Crippen LogP contribution in [0.3, 0.4) is 0 Å². The lowest BCUT2D eigenvalue weighted by Gasteiger charge is -2.36. The summed E-state index contributed by atoms with van der Waals surface area (Å²) in [5, 5.41) is 20.3. The minimum atomic E-state index is -1.58. The normalized spacial score (nSPS) is 18.5. The molecule has 0 atom stereocenters. The Bertz CT molecular complexity index is 193. The third kappa shape index (κ3) is 3.11. The lowest BCUT2D eigenvalue weighted by atomic mass is 10.5. The van der Waals surface area contributed by atoms with Crippen LogP contribution in [0, 0.1) is 0 Å². The summed E-state index contributed by atoms with van der Waals surface area (Å²) < 4.78 is 5.09. The number of carbonyl (C=O) groups excluding carboxylic acids is 1. The maximum Gasteiger partial charge on any atom is 0.329 e. The fourth-order valence-electron chi connectivity index (χ4n) is 1.29. The maximum absolute atomic E-state index is 11.0. The zero-order valence-corrected chi connectivity index (χ0v) is 7.80. The number of hydrazine groups is 1. The van der Waals surface area contributed by atoms with Crippen LogP contribution in [0.1, 0.15) is 0 Å². The lowest BCUT2D eigenvalue weighted by molar-refractivity contribution is -0.118. The smallest absolute Gasteiger partial charge is 0.329 e. The molecule has 0 aromatic rings. The minimum Gasteiger partial charge on any atom is -0.379 e. The van der Waals surface area contributed by atoms with Gasteiger partial charge in [0.1, 0.15) is 0 Å². The van der Waals surface area contributed by atoms with Crippen LogP contribution >= 0.6 is 0 Å². The molecule has 1 fully saturated rings. The SMILES string of the molecule is NC(=O)N(CC(O)O)N1CCOCC1. The third-order valence-electron chi connectivity index (χ3n) is 1.92. The van der Waals surface area contributed by atoms with Crippen molar-refractivity contribution in [3.8, 4) is 0 Å². The minimum absolute atomic E-state index is 0.213. The molecule has 4 N–H and O–H groups in total. The molecule has 0 bridgehead atoms. The summed E-state index contributed by atoms with van der Waals surface area (Å²) in [5.74, 6) is 0. The number of primary amides is 1. The molecule has 82 valence electrons. The van der Waals surface area contributed by atoms with Gasteiger partial charge in [0.15, 0.2) is 6.29 Å². The number of morpholine rings is 1. The zero-order chi connectivity index (χ0) is 10.6. The Morgan fingerprint density at radius 2 is 2.07 bits per heavy atom. The van der Waals surface area contributed by atoms with Crippen molar-refractivity contribution in [2.45, 2.75) is 6.29 Å². The third-order valence-corrected chi connectivity index (χ3v) is 1.92. The van der Waals surface area contributed by atoms with Crippen molar-refractivity contribution in [1.29, 1.82) is 0 Å². The van der Waals surface area contributed by atoms with Crippen LogP contribution in [0.5, 0.6) is 0 Å². The largest absolute Gasteiger partial charge is 0.379 e. The standard InChI is InChI=1S/C7H15N3O4/c8-7(13)10(5-6(11)12)9-1-3-14-4-2-9/h6,11-12H,1-5H2,(H2,8,13). The molecule has 2 amide bonds. The van der Waals surface area contributed by atoms with Gasteiger partial charge < -0.3 is 20.7 Å².